The fourth-order valence-corrected chi connectivity index (χ4v) is 2.69. The third kappa shape index (κ3) is 3.85. The number of pyridine rings is 1. The van der Waals surface area contributed by atoms with Gasteiger partial charge in [-0.25, -0.2) is 4.98 Å². The predicted octanol–water partition coefficient (Wildman–Crippen LogP) is 3.69. The molecular formula is C15H21N3S. The van der Waals surface area contributed by atoms with Crippen LogP contribution in [0.15, 0.2) is 29.8 Å². The van der Waals surface area contributed by atoms with E-state index in [4.69, 9.17) is 0 Å². The van der Waals surface area contributed by atoms with Gasteiger partial charge in [-0.05, 0) is 19.1 Å². The van der Waals surface area contributed by atoms with E-state index in [2.05, 4.69) is 48.4 Å². The summed E-state index contributed by atoms with van der Waals surface area (Å²) < 4.78 is 0. The lowest BCUT2D eigenvalue weighted by Crippen LogP contribution is -2.19. The van der Waals surface area contributed by atoms with E-state index in [1.54, 1.807) is 11.3 Å². The summed E-state index contributed by atoms with van der Waals surface area (Å²) in [4.78, 5) is 9.04. The summed E-state index contributed by atoms with van der Waals surface area (Å²) >= 11 is 1.72. The summed E-state index contributed by atoms with van der Waals surface area (Å²) in [5.74, 6) is 0. The topological polar surface area (TPSA) is 37.8 Å². The van der Waals surface area contributed by atoms with Gasteiger partial charge in [-0.3, -0.25) is 4.98 Å². The molecular weight excluding hydrogens is 254 g/mol. The minimum Gasteiger partial charge on any atom is -0.302 e. The number of hydrogen-bond donors (Lipinski definition) is 1. The van der Waals surface area contributed by atoms with E-state index in [1.807, 2.05) is 24.4 Å². The summed E-state index contributed by atoms with van der Waals surface area (Å²) in [5.41, 5.74) is 2.36. The number of nitrogens with zero attached hydrogens (tertiary/aromatic N) is 2. The summed E-state index contributed by atoms with van der Waals surface area (Å²) in [6.07, 6.45) is 1.83. The first-order valence-electron chi connectivity index (χ1n) is 6.56. The second-order valence-electron chi connectivity index (χ2n) is 5.73. The zero-order valence-corrected chi connectivity index (χ0v) is 12.8. The average Bonchev–Trinajstić information content (AvgIpc) is 2.86. The minimum absolute atomic E-state index is 0.126. The van der Waals surface area contributed by atoms with E-state index in [-0.39, 0.29) is 11.5 Å². The number of nitrogens with one attached hydrogen (secondary N) is 1. The van der Waals surface area contributed by atoms with Crippen molar-refractivity contribution < 1.29 is 0 Å². The molecule has 102 valence electrons. The molecule has 2 aromatic rings. The van der Waals surface area contributed by atoms with Gasteiger partial charge in [0, 0.05) is 29.6 Å². The van der Waals surface area contributed by atoms with E-state index in [1.165, 1.54) is 5.69 Å². The van der Waals surface area contributed by atoms with Gasteiger partial charge in [-0.15, -0.1) is 11.3 Å². The molecule has 2 rings (SSSR count). The van der Waals surface area contributed by atoms with E-state index in [0.717, 1.165) is 17.2 Å². The molecule has 0 radical (unpaired) electrons. The van der Waals surface area contributed by atoms with Crippen LogP contribution in [0.5, 0.6) is 0 Å². The lowest BCUT2D eigenvalue weighted by Gasteiger charge is -2.14. The van der Waals surface area contributed by atoms with Crippen molar-refractivity contribution in [2.45, 2.75) is 45.7 Å². The number of rotatable bonds is 4. The summed E-state index contributed by atoms with van der Waals surface area (Å²) in [6, 6.07) is 6.23. The highest BCUT2D eigenvalue weighted by Gasteiger charge is 2.17. The standard InChI is InChI=1S/C15H21N3S/c1-11(12-7-5-6-8-16-12)17-9-14-18-13(10-19-14)15(2,3)4/h5-8,10-11,17H,9H2,1-4H3. The second-order valence-corrected chi connectivity index (χ2v) is 6.68. The highest BCUT2D eigenvalue weighted by atomic mass is 32.1. The predicted molar refractivity (Wildman–Crippen MR) is 80.3 cm³/mol. The third-order valence-corrected chi connectivity index (χ3v) is 3.86. The molecule has 0 spiro atoms. The Bertz CT molecular complexity index is 514. The van der Waals surface area contributed by atoms with Gasteiger partial charge in [-0.1, -0.05) is 26.8 Å². The van der Waals surface area contributed by atoms with Crippen LogP contribution >= 0.6 is 11.3 Å². The maximum absolute atomic E-state index is 4.68. The smallest absolute Gasteiger partial charge is 0.107 e. The Kier molecular flexibility index (Phi) is 4.32. The van der Waals surface area contributed by atoms with Crippen LogP contribution in [0.4, 0.5) is 0 Å². The summed E-state index contributed by atoms with van der Waals surface area (Å²) in [5, 5.41) is 6.75. The Morgan fingerprint density at radius 3 is 2.68 bits per heavy atom. The van der Waals surface area contributed by atoms with Crippen molar-refractivity contribution in [3.8, 4) is 0 Å². The molecule has 19 heavy (non-hydrogen) atoms. The van der Waals surface area contributed by atoms with Gasteiger partial charge in [-0.2, -0.15) is 0 Å². The van der Waals surface area contributed by atoms with E-state index < -0.39 is 0 Å². The maximum atomic E-state index is 4.68. The molecule has 1 atom stereocenters. The van der Waals surface area contributed by atoms with Crippen molar-refractivity contribution in [1.29, 1.82) is 0 Å². The van der Waals surface area contributed by atoms with Gasteiger partial charge < -0.3 is 5.32 Å². The molecule has 0 aliphatic heterocycles. The van der Waals surface area contributed by atoms with E-state index in [9.17, 15) is 0 Å². The fourth-order valence-electron chi connectivity index (χ4n) is 1.71. The highest BCUT2D eigenvalue weighted by Crippen LogP contribution is 2.24. The van der Waals surface area contributed by atoms with Gasteiger partial charge in [0.15, 0.2) is 0 Å². The Labute approximate surface area is 119 Å². The Morgan fingerprint density at radius 2 is 2.11 bits per heavy atom. The molecule has 2 heterocycles. The van der Waals surface area contributed by atoms with Gasteiger partial charge in [0.25, 0.3) is 0 Å². The number of hydrogen-bond acceptors (Lipinski definition) is 4. The van der Waals surface area contributed by atoms with Crippen LogP contribution in [0.3, 0.4) is 0 Å². The SMILES string of the molecule is CC(NCc1nc(C(C)(C)C)cs1)c1ccccn1. The first kappa shape index (κ1) is 14.2. The molecule has 0 aliphatic rings. The minimum atomic E-state index is 0.126. The summed E-state index contributed by atoms with van der Waals surface area (Å²) in [6.45, 7) is 9.49. The number of thiazole rings is 1. The molecule has 0 bridgehead atoms. The molecule has 4 heteroatoms. The molecule has 0 saturated heterocycles. The molecule has 0 aromatic carbocycles. The maximum Gasteiger partial charge on any atom is 0.107 e. The first-order chi connectivity index (χ1) is 8.97. The van der Waals surface area contributed by atoms with Crippen molar-refractivity contribution in [2.75, 3.05) is 0 Å². The molecule has 0 amide bonds. The van der Waals surface area contributed by atoms with Gasteiger partial charge >= 0.3 is 0 Å². The van der Waals surface area contributed by atoms with Crippen LogP contribution < -0.4 is 5.32 Å². The van der Waals surface area contributed by atoms with E-state index >= 15 is 0 Å². The van der Waals surface area contributed by atoms with Crippen LogP contribution in [0.2, 0.25) is 0 Å². The highest BCUT2D eigenvalue weighted by molar-refractivity contribution is 7.09. The monoisotopic (exact) mass is 275 g/mol. The molecule has 0 aliphatic carbocycles. The van der Waals surface area contributed by atoms with E-state index in [0.29, 0.717) is 0 Å². The van der Waals surface area contributed by atoms with Crippen LogP contribution in [0.1, 0.15) is 50.1 Å². The van der Waals surface area contributed by atoms with Gasteiger partial charge in [0.05, 0.1) is 11.4 Å². The van der Waals surface area contributed by atoms with Crippen LogP contribution in [0, 0.1) is 0 Å². The molecule has 2 aromatic heterocycles. The zero-order valence-electron chi connectivity index (χ0n) is 12.0. The lowest BCUT2D eigenvalue weighted by molar-refractivity contribution is 0.547. The van der Waals surface area contributed by atoms with Crippen molar-refractivity contribution >= 4 is 11.3 Å². The average molecular weight is 275 g/mol. The quantitative estimate of drug-likeness (QED) is 0.925. The van der Waals surface area contributed by atoms with Crippen molar-refractivity contribution in [3.05, 3.63) is 46.2 Å². The van der Waals surface area contributed by atoms with Crippen LogP contribution in [0.25, 0.3) is 0 Å². The lowest BCUT2D eigenvalue weighted by atomic mass is 9.93. The van der Waals surface area contributed by atoms with Crippen molar-refractivity contribution in [2.24, 2.45) is 0 Å². The Hall–Kier alpha value is -1.26. The van der Waals surface area contributed by atoms with Gasteiger partial charge in [0.1, 0.15) is 5.01 Å². The Balaban J connectivity index is 1.94. The van der Waals surface area contributed by atoms with Crippen molar-refractivity contribution in [1.82, 2.24) is 15.3 Å². The molecule has 0 fully saturated rings. The van der Waals surface area contributed by atoms with Gasteiger partial charge in [0.2, 0.25) is 0 Å². The normalized spacial score (nSPS) is 13.5. The fraction of sp³-hybridized carbons (Fsp3) is 0.467. The molecule has 0 saturated carbocycles. The number of aromatic nitrogens is 2. The largest absolute Gasteiger partial charge is 0.302 e. The summed E-state index contributed by atoms with van der Waals surface area (Å²) in [7, 11) is 0. The zero-order chi connectivity index (χ0) is 13.9. The molecule has 1 N–H and O–H groups in total. The van der Waals surface area contributed by atoms with Crippen LogP contribution in [-0.2, 0) is 12.0 Å². The van der Waals surface area contributed by atoms with Crippen molar-refractivity contribution in [3.63, 3.8) is 0 Å². The molecule has 1 unspecified atom stereocenters. The third-order valence-electron chi connectivity index (χ3n) is 3.01. The second kappa shape index (κ2) is 5.80. The first-order valence-corrected chi connectivity index (χ1v) is 7.44. The Morgan fingerprint density at radius 1 is 1.32 bits per heavy atom. The molecule has 3 nitrogen and oxygen atoms in total. The van der Waals surface area contributed by atoms with Crippen LogP contribution in [-0.4, -0.2) is 9.97 Å².